The normalized spacial score (nSPS) is 19.6. The molecule has 1 heterocycles. The molecule has 0 radical (unpaired) electrons. The highest BCUT2D eigenvalue weighted by Gasteiger charge is 2.19. The molecule has 0 aliphatic carbocycles. The van der Waals surface area contributed by atoms with Crippen molar-refractivity contribution in [1.82, 2.24) is 15.5 Å². The summed E-state index contributed by atoms with van der Waals surface area (Å²) in [6, 6.07) is 0.275. The predicted molar refractivity (Wildman–Crippen MR) is 62.0 cm³/mol. The Labute approximate surface area is 96.6 Å². The Kier molecular flexibility index (Phi) is 5.25. The van der Waals surface area contributed by atoms with E-state index in [1.54, 1.807) is 19.0 Å². The maximum Gasteiger partial charge on any atom is 0.222 e. The lowest BCUT2D eigenvalue weighted by atomic mass is 10.2. The van der Waals surface area contributed by atoms with Gasteiger partial charge in [-0.05, 0) is 19.4 Å². The van der Waals surface area contributed by atoms with E-state index in [4.69, 9.17) is 0 Å². The summed E-state index contributed by atoms with van der Waals surface area (Å²) in [6.07, 6.45) is 2.99. The van der Waals surface area contributed by atoms with E-state index < -0.39 is 0 Å². The van der Waals surface area contributed by atoms with Gasteiger partial charge in [0.1, 0.15) is 0 Å². The van der Waals surface area contributed by atoms with Gasteiger partial charge in [0.25, 0.3) is 0 Å². The lowest BCUT2D eigenvalue weighted by Crippen LogP contribution is -2.36. The lowest BCUT2D eigenvalue weighted by molar-refractivity contribution is -0.128. The van der Waals surface area contributed by atoms with Crippen LogP contribution < -0.4 is 10.6 Å². The van der Waals surface area contributed by atoms with Gasteiger partial charge in [-0.2, -0.15) is 0 Å². The second-order valence-electron chi connectivity index (χ2n) is 4.40. The Balaban J connectivity index is 1.96. The molecule has 0 spiro atoms. The largest absolute Gasteiger partial charge is 0.352 e. The van der Waals surface area contributed by atoms with Gasteiger partial charge in [-0.25, -0.2) is 0 Å². The van der Waals surface area contributed by atoms with Crippen molar-refractivity contribution in [3.8, 4) is 0 Å². The minimum Gasteiger partial charge on any atom is -0.352 e. The van der Waals surface area contributed by atoms with Crippen molar-refractivity contribution in [2.24, 2.45) is 0 Å². The van der Waals surface area contributed by atoms with E-state index in [-0.39, 0.29) is 17.9 Å². The van der Waals surface area contributed by atoms with Crippen molar-refractivity contribution >= 4 is 11.8 Å². The molecule has 2 N–H and O–H groups in total. The Morgan fingerprint density at radius 3 is 2.88 bits per heavy atom. The SMILES string of the molecule is CN(C)C(=O)CCCNCC1CCC(=O)N1. The molecule has 1 atom stereocenters. The number of nitrogens with zero attached hydrogens (tertiary/aromatic N) is 1. The quantitative estimate of drug-likeness (QED) is 0.614. The predicted octanol–water partition coefficient (Wildman–Crippen LogP) is -0.277. The standard InChI is InChI=1S/C11H21N3O2/c1-14(2)11(16)4-3-7-12-8-9-5-6-10(15)13-9/h9,12H,3-8H2,1-2H3,(H,13,15). The van der Waals surface area contributed by atoms with E-state index in [0.29, 0.717) is 12.8 Å². The second kappa shape index (κ2) is 6.48. The van der Waals surface area contributed by atoms with Gasteiger partial charge < -0.3 is 15.5 Å². The molecule has 0 saturated carbocycles. The first-order valence-corrected chi connectivity index (χ1v) is 5.80. The van der Waals surface area contributed by atoms with Crippen LogP contribution in [0.4, 0.5) is 0 Å². The molecule has 5 nitrogen and oxygen atoms in total. The summed E-state index contributed by atoms with van der Waals surface area (Å²) in [7, 11) is 3.54. The van der Waals surface area contributed by atoms with E-state index >= 15 is 0 Å². The molecule has 0 aromatic heterocycles. The van der Waals surface area contributed by atoms with E-state index in [0.717, 1.165) is 25.9 Å². The van der Waals surface area contributed by atoms with Gasteiger partial charge in [0.05, 0.1) is 0 Å². The molecule has 0 aromatic rings. The van der Waals surface area contributed by atoms with Crippen molar-refractivity contribution in [1.29, 1.82) is 0 Å². The number of hydrogen-bond acceptors (Lipinski definition) is 3. The average Bonchev–Trinajstić information content (AvgIpc) is 2.63. The molecular weight excluding hydrogens is 206 g/mol. The number of carbonyl (C=O) groups is 2. The zero-order valence-electron chi connectivity index (χ0n) is 10.1. The number of rotatable bonds is 6. The van der Waals surface area contributed by atoms with Crippen LogP contribution in [0.5, 0.6) is 0 Å². The summed E-state index contributed by atoms with van der Waals surface area (Å²) in [4.78, 5) is 23.8. The Hall–Kier alpha value is -1.10. The minimum atomic E-state index is 0.148. The van der Waals surface area contributed by atoms with Crippen LogP contribution in [0.1, 0.15) is 25.7 Å². The fourth-order valence-corrected chi connectivity index (χ4v) is 1.69. The van der Waals surface area contributed by atoms with Gasteiger partial charge in [-0.1, -0.05) is 0 Å². The van der Waals surface area contributed by atoms with Crippen molar-refractivity contribution < 1.29 is 9.59 Å². The van der Waals surface area contributed by atoms with E-state index in [1.165, 1.54) is 0 Å². The molecule has 5 heteroatoms. The maximum absolute atomic E-state index is 11.2. The third kappa shape index (κ3) is 4.61. The van der Waals surface area contributed by atoms with E-state index in [2.05, 4.69) is 10.6 Å². The molecule has 1 unspecified atom stereocenters. The number of hydrogen-bond donors (Lipinski definition) is 2. The Morgan fingerprint density at radius 2 is 2.31 bits per heavy atom. The molecule has 2 amide bonds. The fourth-order valence-electron chi connectivity index (χ4n) is 1.69. The maximum atomic E-state index is 11.2. The molecule has 1 aliphatic rings. The third-order valence-electron chi connectivity index (χ3n) is 2.72. The van der Waals surface area contributed by atoms with Crippen LogP contribution in [0.3, 0.4) is 0 Å². The minimum absolute atomic E-state index is 0.148. The first-order valence-electron chi connectivity index (χ1n) is 5.80. The van der Waals surface area contributed by atoms with E-state index in [9.17, 15) is 9.59 Å². The Morgan fingerprint density at radius 1 is 1.56 bits per heavy atom. The fraction of sp³-hybridized carbons (Fsp3) is 0.818. The van der Waals surface area contributed by atoms with Crippen molar-refractivity contribution in [3.05, 3.63) is 0 Å². The molecule has 1 aliphatic heterocycles. The van der Waals surface area contributed by atoms with Crippen molar-refractivity contribution in [2.75, 3.05) is 27.2 Å². The summed E-state index contributed by atoms with van der Waals surface area (Å²) in [6.45, 7) is 1.63. The zero-order chi connectivity index (χ0) is 12.0. The summed E-state index contributed by atoms with van der Waals surface area (Å²) in [5.41, 5.74) is 0. The average molecular weight is 227 g/mol. The second-order valence-corrected chi connectivity index (χ2v) is 4.40. The van der Waals surface area contributed by atoms with Crippen LogP contribution in [0, 0.1) is 0 Å². The Bertz CT molecular complexity index is 254. The van der Waals surface area contributed by atoms with Crippen molar-refractivity contribution in [2.45, 2.75) is 31.7 Å². The van der Waals surface area contributed by atoms with Crippen LogP contribution in [0.25, 0.3) is 0 Å². The highest BCUT2D eigenvalue weighted by Crippen LogP contribution is 2.04. The van der Waals surface area contributed by atoms with Gasteiger partial charge in [-0.3, -0.25) is 9.59 Å². The summed E-state index contributed by atoms with van der Waals surface area (Å²) < 4.78 is 0. The third-order valence-corrected chi connectivity index (χ3v) is 2.72. The summed E-state index contributed by atoms with van der Waals surface area (Å²) >= 11 is 0. The lowest BCUT2D eigenvalue weighted by Gasteiger charge is -2.12. The smallest absolute Gasteiger partial charge is 0.222 e. The number of nitrogens with one attached hydrogen (secondary N) is 2. The molecule has 1 fully saturated rings. The van der Waals surface area contributed by atoms with Gasteiger partial charge in [-0.15, -0.1) is 0 Å². The summed E-state index contributed by atoms with van der Waals surface area (Å²) in [5, 5.41) is 6.15. The van der Waals surface area contributed by atoms with Crippen molar-refractivity contribution in [3.63, 3.8) is 0 Å². The molecule has 1 rings (SSSR count). The van der Waals surface area contributed by atoms with Crippen LogP contribution in [0.2, 0.25) is 0 Å². The number of amides is 2. The molecule has 16 heavy (non-hydrogen) atoms. The summed E-state index contributed by atoms with van der Waals surface area (Å²) in [5.74, 6) is 0.311. The molecule has 92 valence electrons. The van der Waals surface area contributed by atoms with Gasteiger partial charge in [0.2, 0.25) is 11.8 Å². The topological polar surface area (TPSA) is 61.4 Å². The van der Waals surface area contributed by atoms with Gasteiger partial charge >= 0.3 is 0 Å². The van der Waals surface area contributed by atoms with Crippen LogP contribution in [0.15, 0.2) is 0 Å². The first kappa shape index (κ1) is 13.0. The van der Waals surface area contributed by atoms with Gasteiger partial charge in [0, 0.05) is 39.5 Å². The van der Waals surface area contributed by atoms with Crippen LogP contribution in [-0.2, 0) is 9.59 Å². The highest BCUT2D eigenvalue weighted by atomic mass is 16.2. The molecule has 1 saturated heterocycles. The van der Waals surface area contributed by atoms with E-state index in [1.807, 2.05) is 0 Å². The monoisotopic (exact) mass is 227 g/mol. The zero-order valence-corrected chi connectivity index (χ0v) is 10.1. The van der Waals surface area contributed by atoms with Crippen LogP contribution in [-0.4, -0.2) is 49.9 Å². The van der Waals surface area contributed by atoms with Crippen LogP contribution >= 0.6 is 0 Å². The van der Waals surface area contributed by atoms with Gasteiger partial charge in [0.15, 0.2) is 0 Å². The molecule has 0 bridgehead atoms. The highest BCUT2D eigenvalue weighted by molar-refractivity contribution is 5.78. The molecule has 0 aromatic carbocycles. The first-order chi connectivity index (χ1) is 7.59. The number of carbonyl (C=O) groups excluding carboxylic acids is 2. The molecular formula is C11H21N3O2.